The number of benzene rings is 1. The second kappa shape index (κ2) is 9.26. The largest absolute Gasteiger partial charge is 0.341 e. The molecule has 1 aromatic carbocycles. The molecule has 0 aliphatic carbocycles. The first-order chi connectivity index (χ1) is 13.4. The van der Waals surface area contributed by atoms with Crippen molar-refractivity contribution in [1.29, 1.82) is 0 Å². The van der Waals surface area contributed by atoms with Crippen LogP contribution in [0.3, 0.4) is 0 Å². The van der Waals surface area contributed by atoms with E-state index in [2.05, 4.69) is 26.1 Å². The molecule has 1 fully saturated rings. The Morgan fingerprint density at radius 2 is 1.62 bits per heavy atom. The molecule has 1 aliphatic rings. The molecule has 162 valence electrons. The van der Waals surface area contributed by atoms with Crippen LogP contribution in [0.15, 0.2) is 24.3 Å². The molecule has 1 atom stereocenters. The Kier molecular flexibility index (Phi) is 7.45. The van der Waals surface area contributed by atoms with E-state index in [0.29, 0.717) is 38.3 Å². The van der Waals surface area contributed by atoms with Gasteiger partial charge in [0.15, 0.2) is 0 Å². The highest BCUT2D eigenvalue weighted by Gasteiger charge is 2.26. The molecule has 1 unspecified atom stereocenters. The van der Waals surface area contributed by atoms with Gasteiger partial charge in [-0.3, -0.25) is 14.5 Å². The lowest BCUT2D eigenvalue weighted by Crippen LogP contribution is -2.54. The van der Waals surface area contributed by atoms with Crippen LogP contribution in [0.4, 0.5) is 0 Å². The number of carbonyl (C=O) groups excluding carboxylic acids is 2. The molecule has 0 saturated carbocycles. The summed E-state index contributed by atoms with van der Waals surface area (Å²) in [6.45, 7) is 10.9. The Hall–Kier alpha value is -1.93. The number of nitrogens with one attached hydrogen (secondary N) is 1. The lowest BCUT2D eigenvalue weighted by atomic mass is 9.86. The number of rotatable bonds is 6. The predicted molar refractivity (Wildman–Crippen MR) is 115 cm³/mol. The standard InChI is InChI=1S/C21H33N3O4S/c1-16(22-19(25)17-6-8-18(9-7-17)21(2,3)4)20(26)24-12-10-23(11-13-24)14-15-29(5,27)28/h6-9,16H,10-15H2,1-5H3,(H,22,25). The molecule has 0 bridgehead atoms. The highest BCUT2D eigenvalue weighted by Crippen LogP contribution is 2.22. The van der Waals surface area contributed by atoms with Gasteiger partial charge in [0.25, 0.3) is 5.91 Å². The van der Waals surface area contributed by atoms with E-state index in [1.807, 2.05) is 17.0 Å². The number of hydrogen-bond acceptors (Lipinski definition) is 5. The first kappa shape index (κ1) is 23.3. The zero-order valence-electron chi connectivity index (χ0n) is 18.1. The Morgan fingerprint density at radius 3 is 2.10 bits per heavy atom. The minimum Gasteiger partial charge on any atom is -0.341 e. The number of piperazine rings is 1. The van der Waals surface area contributed by atoms with E-state index in [4.69, 9.17) is 0 Å². The zero-order chi connectivity index (χ0) is 21.8. The first-order valence-electron chi connectivity index (χ1n) is 9.97. The van der Waals surface area contributed by atoms with Crippen molar-refractivity contribution in [3.8, 4) is 0 Å². The fourth-order valence-electron chi connectivity index (χ4n) is 3.22. The molecule has 1 aliphatic heterocycles. The average molecular weight is 424 g/mol. The summed E-state index contributed by atoms with van der Waals surface area (Å²) in [5.74, 6) is -0.257. The molecule has 0 radical (unpaired) electrons. The summed E-state index contributed by atoms with van der Waals surface area (Å²) >= 11 is 0. The maximum absolute atomic E-state index is 12.7. The highest BCUT2D eigenvalue weighted by atomic mass is 32.2. The Balaban J connectivity index is 1.85. The summed E-state index contributed by atoms with van der Waals surface area (Å²) in [6, 6.07) is 6.84. The van der Waals surface area contributed by atoms with Gasteiger partial charge in [-0.15, -0.1) is 0 Å². The summed E-state index contributed by atoms with van der Waals surface area (Å²) in [6.07, 6.45) is 1.23. The minimum absolute atomic E-state index is 0.0156. The molecule has 1 aromatic rings. The summed E-state index contributed by atoms with van der Waals surface area (Å²) in [5, 5.41) is 2.78. The monoisotopic (exact) mass is 423 g/mol. The molecule has 0 spiro atoms. The molecular weight excluding hydrogens is 390 g/mol. The molecule has 29 heavy (non-hydrogen) atoms. The van der Waals surface area contributed by atoms with E-state index in [0.717, 1.165) is 5.56 Å². The van der Waals surface area contributed by atoms with Crippen LogP contribution >= 0.6 is 0 Å². The van der Waals surface area contributed by atoms with Crippen molar-refractivity contribution in [2.45, 2.75) is 39.2 Å². The fraction of sp³-hybridized carbons (Fsp3) is 0.619. The fourth-order valence-corrected chi connectivity index (χ4v) is 3.81. The third kappa shape index (κ3) is 7.12. The molecule has 7 nitrogen and oxygen atoms in total. The molecule has 2 rings (SSSR count). The second-order valence-electron chi connectivity index (χ2n) is 8.82. The predicted octanol–water partition coefficient (Wildman–Crippen LogP) is 1.29. The molecule has 1 saturated heterocycles. The molecular formula is C21H33N3O4S. The number of amides is 2. The minimum atomic E-state index is -2.99. The van der Waals surface area contributed by atoms with Crippen molar-refractivity contribution in [3.05, 3.63) is 35.4 Å². The van der Waals surface area contributed by atoms with E-state index in [1.165, 1.54) is 6.26 Å². The van der Waals surface area contributed by atoms with Gasteiger partial charge < -0.3 is 10.2 Å². The van der Waals surface area contributed by atoms with Crippen molar-refractivity contribution in [2.75, 3.05) is 44.7 Å². The van der Waals surface area contributed by atoms with Crippen molar-refractivity contribution >= 4 is 21.7 Å². The van der Waals surface area contributed by atoms with Gasteiger partial charge in [-0.25, -0.2) is 8.42 Å². The summed E-state index contributed by atoms with van der Waals surface area (Å²) in [4.78, 5) is 28.9. The molecule has 8 heteroatoms. The van der Waals surface area contributed by atoms with Crippen molar-refractivity contribution in [1.82, 2.24) is 15.1 Å². The normalized spacial score (nSPS) is 17.1. The van der Waals surface area contributed by atoms with E-state index in [-0.39, 0.29) is 23.0 Å². The number of hydrogen-bond donors (Lipinski definition) is 1. The Morgan fingerprint density at radius 1 is 1.07 bits per heavy atom. The van der Waals surface area contributed by atoms with Crippen LogP contribution in [-0.2, 0) is 20.0 Å². The van der Waals surface area contributed by atoms with Gasteiger partial charge in [0.1, 0.15) is 15.9 Å². The van der Waals surface area contributed by atoms with E-state index < -0.39 is 15.9 Å². The molecule has 1 heterocycles. The van der Waals surface area contributed by atoms with E-state index >= 15 is 0 Å². The van der Waals surface area contributed by atoms with Crippen molar-refractivity contribution < 1.29 is 18.0 Å². The van der Waals surface area contributed by atoms with Crippen LogP contribution in [0.2, 0.25) is 0 Å². The van der Waals surface area contributed by atoms with Gasteiger partial charge >= 0.3 is 0 Å². The lowest BCUT2D eigenvalue weighted by molar-refractivity contribution is -0.134. The van der Waals surface area contributed by atoms with Crippen molar-refractivity contribution in [3.63, 3.8) is 0 Å². The highest BCUT2D eigenvalue weighted by molar-refractivity contribution is 7.90. The van der Waals surface area contributed by atoms with Gasteiger partial charge in [0, 0.05) is 44.5 Å². The van der Waals surface area contributed by atoms with Gasteiger partial charge in [0.2, 0.25) is 5.91 Å². The third-order valence-corrected chi connectivity index (χ3v) is 6.12. The maximum Gasteiger partial charge on any atom is 0.251 e. The van der Waals surface area contributed by atoms with Crippen LogP contribution < -0.4 is 5.32 Å². The second-order valence-corrected chi connectivity index (χ2v) is 11.1. The summed E-state index contributed by atoms with van der Waals surface area (Å²) < 4.78 is 22.6. The first-order valence-corrected chi connectivity index (χ1v) is 12.0. The average Bonchev–Trinajstić information content (AvgIpc) is 2.65. The van der Waals surface area contributed by atoms with E-state index in [1.54, 1.807) is 24.0 Å². The Bertz CT molecular complexity index is 820. The number of nitrogens with zero attached hydrogens (tertiary/aromatic N) is 2. The number of carbonyl (C=O) groups is 2. The van der Waals surface area contributed by atoms with Gasteiger partial charge in [-0.05, 0) is 30.0 Å². The summed E-state index contributed by atoms with van der Waals surface area (Å²) in [7, 11) is -2.99. The van der Waals surface area contributed by atoms with Crippen LogP contribution in [0.25, 0.3) is 0 Å². The Labute approximate surface area is 174 Å². The van der Waals surface area contributed by atoms with Gasteiger partial charge in [-0.1, -0.05) is 32.9 Å². The smallest absolute Gasteiger partial charge is 0.251 e. The quantitative estimate of drug-likeness (QED) is 0.745. The third-order valence-electron chi connectivity index (χ3n) is 5.19. The maximum atomic E-state index is 12.7. The molecule has 0 aromatic heterocycles. The van der Waals surface area contributed by atoms with Crippen LogP contribution in [0, 0.1) is 0 Å². The van der Waals surface area contributed by atoms with Crippen LogP contribution in [0.1, 0.15) is 43.6 Å². The van der Waals surface area contributed by atoms with Crippen LogP contribution in [0.5, 0.6) is 0 Å². The van der Waals surface area contributed by atoms with Gasteiger partial charge in [-0.2, -0.15) is 0 Å². The SMILES string of the molecule is CC(NC(=O)c1ccc(C(C)(C)C)cc1)C(=O)N1CCN(CCS(C)(=O)=O)CC1. The van der Waals surface area contributed by atoms with Crippen molar-refractivity contribution in [2.24, 2.45) is 0 Å². The molecule has 2 amide bonds. The van der Waals surface area contributed by atoms with Gasteiger partial charge in [0.05, 0.1) is 5.75 Å². The number of sulfone groups is 1. The summed E-state index contributed by atoms with van der Waals surface area (Å²) in [5.41, 5.74) is 1.69. The van der Waals surface area contributed by atoms with E-state index in [9.17, 15) is 18.0 Å². The lowest BCUT2D eigenvalue weighted by Gasteiger charge is -2.35. The topological polar surface area (TPSA) is 86.8 Å². The molecule has 1 N–H and O–H groups in total. The zero-order valence-corrected chi connectivity index (χ0v) is 18.9. The van der Waals surface area contributed by atoms with Crippen LogP contribution in [-0.4, -0.2) is 80.8 Å².